The van der Waals surface area contributed by atoms with Crippen LogP contribution in [0.4, 0.5) is 0 Å². The maximum absolute atomic E-state index is 12.3. The molecule has 7 nitrogen and oxygen atoms in total. The Morgan fingerprint density at radius 2 is 1.23 bits per heavy atom. The molecule has 0 bridgehead atoms. The molecule has 0 aliphatic rings. The van der Waals surface area contributed by atoms with Crippen molar-refractivity contribution in [3.05, 3.63) is 0 Å². The van der Waals surface area contributed by atoms with Gasteiger partial charge in [0.15, 0.2) is 0 Å². The van der Waals surface area contributed by atoms with E-state index in [-0.39, 0.29) is 49.0 Å². The molecule has 0 spiro atoms. The molecule has 0 aromatic heterocycles. The summed E-state index contributed by atoms with van der Waals surface area (Å²) in [5, 5.41) is 0. The second-order valence-corrected chi connectivity index (χ2v) is 9.47. The van der Waals surface area contributed by atoms with E-state index in [1.165, 1.54) is 32.1 Å². The second-order valence-electron chi connectivity index (χ2n) is 7.90. The Kier molecular flexibility index (Phi) is 23.1. The van der Waals surface area contributed by atoms with Crippen LogP contribution in [0.2, 0.25) is 0 Å². The monoisotopic (exact) mass is 473 g/mol. The molecular weight excluding hydrogens is 431 g/mol. The van der Waals surface area contributed by atoms with Crippen molar-refractivity contribution in [2.75, 3.05) is 19.0 Å². The number of ether oxygens (including phenoxy) is 2. The van der Waals surface area contributed by atoms with Gasteiger partial charge in [0.1, 0.15) is 0 Å². The van der Waals surface area contributed by atoms with Crippen molar-refractivity contribution in [1.29, 1.82) is 0 Å². The average molecular weight is 474 g/mol. The molecule has 0 aromatic carbocycles. The minimum absolute atomic E-state index is 0. The van der Waals surface area contributed by atoms with Gasteiger partial charge in [0.25, 0.3) is 10.1 Å². The quantitative estimate of drug-likeness (QED) is 0.118. The van der Waals surface area contributed by atoms with Crippen LogP contribution in [0.15, 0.2) is 0 Å². The normalized spacial score (nSPS) is 12.1. The summed E-state index contributed by atoms with van der Waals surface area (Å²) in [7, 11) is -4.22. The number of hydrogen-bond acceptors (Lipinski definition) is 6. The van der Waals surface area contributed by atoms with Gasteiger partial charge in [0.2, 0.25) is 0 Å². The molecule has 9 heteroatoms. The topological polar surface area (TPSA) is 107 Å². The molecule has 0 saturated carbocycles. The van der Waals surface area contributed by atoms with Gasteiger partial charge in [-0.05, 0) is 19.3 Å². The molecule has 0 amide bonds. The van der Waals surface area contributed by atoms with Crippen molar-refractivity contribution >= 4 is 51.6 Å². The van der Waals surface area contributed by atoms with Gasteiger partial charge in [0.05, 0.1) is 31.3 Å². The predicted octanol–water partition coefficient (Wildman–Crippen LogP) is 4.70. The summed E-state index contributed by atoms with van der Waals surface area (Å²) >= 11 is 0. The van der Waals surface area contributed by atoms with E-state index in [1.807, 2.05) is 0 Å². The van der Waals surface area contributed by atoms with Gasteiger partial charge in [-0.15, -0.1) is 0 Å². The molecule has 179 valence electrons. The van der Waals surface area contributed by atoms with E-state index in [9.17, 15) is 18.0 Å². The third kappa shape index (κ3) is 22.8. The maximum Gasteiger partial charge on any atom is 0.309 e. The Morgan fingerprint density at radius 1 is 0.774 bits per heavy atom. The van der Waals surface area contributed by atoms with Crippen molar-refractivity contribution < 1.29 is 32.0 Å². The molecule has 0 saturated heterocycles. The van der Waals surface area contributed by atoms with Crippen LogP contribution in [0.5, 0.6) is 0 Å². The van der Waals surface area contributed by atoms with E-state index in [4.69, 9.17) is 14.0 Å². The minimum Gasteiger partial charge on any atom is -0.466 e. The predicted molar refractivity (Wildman–Crippen MR) is 124 cm³/mol. The van der Waals surface area contributed by atoms with Gasteiger partial charge >= 0.3 is 11.9 Å². The van der Waals surface area contributed by atoms with Crippen LogP contribution in [-0.2, 0) is 29.2 Å². The molecule has 1 atom stereocenters. The van der Waals surface area contributed by atoms with Crippen LogP contribution in [0.25, 0.3) is 0 Å². The molecule has 0 heterocycles. The number of esters is 2. The van der Waals surface area contributed by atoms with E-state index < -0.39 is 33.7 Å². The van der Waals surface area contributed by atoms with Gasteiger partial charge in [0, 0.05) is 29.6 Å². The molecular formula is C22H42NaO7S. The summed E-state index contributed by atoms with van der Waals surface area (Å²) in [5.41, 5.74) is 0. The molecule has 0 rings (SSSR count). The fourth-order valence-electron chi connectivity index (χ4n) is 3.10. The summed E-state index contributed by atoms with van der Waals surface area (Å²) in [4.78, 5) is 24.4. The molecule has 1 radical (unpaired) electrons. The summed E-state index contributed by atoms with van der Waals surface area (Å²) < 4.78 is 41.5. The first-order chi connectivity index (χ1) is 14.3. The van der Waals surface area contributed by atoms with E-state index in [2.05, 4.69) is 13.8 Å². The zero-order valence-electron chi connectivity index (χ0n) is 19.9. The second kappa shape index (κ2) is 21.7. The fourth-order valence-corrected chi connectivity index (χ4v) is 3.68. The van der Waals surface area contributed by atoms with Crippen LogP contribution < -0.4 is 0 Å². The number of carbonyl (C=O) groups is 2. The van der Waals surface area contributed by atoms with E-state index in [0.717, 1.165) is 44.9 Å². The third-order valence-corrected chi connectivity index (χ3v) is 5.73. The first kappa shape index (κ1) is 33.0. The fraction of sp³-hybridized carbons (Fsp3) is 0.909. The van der Waals surface area contributed by atoms with Gasteiger partial charge in [-0.25, -0.2) is 0 Å². The SMILES string of the molecule is CCCCCCCCOC(=O)CC(CCS(=O)(=O)O)C(=O)OCCCCCCCC.[Na]. The zero-order valence-corrected chi connectivity index (χ0v) is 22.7. The van der Waals surface area contributed by atoms with Crippen LogP contribution in [0.1, 0.15) is 104 Å². The first-order valence-electron chi connectivity index (χ1n) is 11.6. The van der Waals surface area contributed by atoms with Crippen LogP contribution in [0.3, 0.4) is 0 Å². The van der Waals surface area contributed by atoms with Crippen LogP contribution in [-0.4, -0.2) is 73.4 Å². The van der Waals surface area contributed by atoms with Gasteiger partial charge in [-0.2, -0.15) is 8.42 Å². The number of rotatable bonds is 20. The van der Waals surface area contributed by atoms with Crippen molar-refractivity contribution in [2.45, 2.75) is 104 Å². The molecule has 1 unspecified atom stereocenters. The standard InChI is InChI=1S/C22H42O7S.Na/c1-3-5-7-9-11-13-16-28-21(23)19-20(15-18-30(25,26)27)22(24)29-17-14-12-10-8-6-4-2;/h20H,3-19H2,1-2H3,(H,25,26,27);. The Hall–Kier alpha value is -0.150. The van der Waals surface area contributed by atoms with Crippen LogP contribution >= 0.6 is 0 Å². The molecule has 1 N–H and O–H groups in total. The molecule has 0 aliphatic carbocycles. The van der Waals surface area contributed by atoms with Crippen molar-refractivity contribution in [2.24, 2.45) is 5.92 Å². The summed E-state index contributed by atoms with van der Waals surface area (Å²) in [5.74, 6) is -2.66. The Morgan fingerprint density at radius 3 is 1.71 bits per heavy atom. The van der Waals surface area contributed by atoms with Crippen molar-refractivity contribution in [1.82, 2.24) is 0 Å². The smallest absolute Gasteiger partial charge is 0.309 e. The average Bonchev–Trinajstić information content (AvgIpc) is 2.68. The molecule has 0 aromatic rings. The van der Waals surface area contributed by atoms with Crippen LogP contribution in [0, 0.1) is 5.92 Å². The van der Waals surface area contributed by atoms with E-state index in [0.29, 0.717) is 6.61 Å². The zero-order chi connectivity index (χ0) is 22.7. The summed E-state index contributed by atoms with van der Waals surface area (Å²) in [6.07, 6.45) is 12.3. The summed E-state index contributed by atoms with van der Waals surface area (Å²) in [6, 6.07) is 0. The largest absolute Gasteiger partial charge is 0.466 e. The number of unbranched alkanes of at least 4 members (excludes halogenated alkanes) is 10. The van der Waals surface area contributed by atoms with E-state index >= 15 is 0 Å². The Balaban J connectivity index is 0. The summed E-state index contributed by atoms with van der Waals surface area (Å²) in [6.45, 7) is 4.84. The molecule has 31 heavy (non-hydrogen) atoms. The minimum atomic E-state index is -4.22. The van der Waals surface area contributed by atoms with Crippen molar-refractivity contribution in [3.8, 4) is 0 Å². The van der Waals surface area contributed by atoms with Gasteiger partial charge in [-0.1, -0.05) is 78.1 Å². The third-order valence-electron chi connectivity index (χ3n) is 4.97. The molecule has 0 aliphatic heterocycles. The maximum atomic E-state index is 12.3. The Labute approximate surface area is 211 Å². The Bertz CT molecular complexity index is 552. The van der Waals surface area contributed by atoms with Gasteiger partial charge < -0.3 is 9.47 Å². The number of hydrogen-bond donors (Lipinski definition) is 1. The van der Waals surface area contributed by atoms with E-state index in [1.54, 1.807) is 0 Å². The molecule has 0 fully saturated rings. The van der Waals surface area contributed by atoms with Gasteiger partial charge in [-0.3, -0.25) is 14.1 Å². The first-order valence-corrected chi connectivity index (χ1v) is 13.2. The van der Waals surface area contributed by atoms with Crippen molar-refractivity contribution in [3.63, 3.8) is 0 Å². The number of carbonyl (C=O) groups excluding carboxylic acids is 2.